The van der Waals surface area contributed by atoms with Gasteiger partial charge >= 0.3 is 0 Å². The van der Waals surface area contributed by atoms with E-state index in [0.29, 0.717) is 0 Å². The number of hydrogen-bond acceptors (Lipinski definition) is 4. The molecule has 1 aromatic heterocycles. The lowest BCUT2D eigenvalue weighted by molar-refractivity contribution is -0.384. The van der Waals surface area contributed by atoms with E-state index in [0.717, 1.165) is 12.3 Å². The number of nitrogens with zero attached hydrogens (tertiary/aromatic N) is 1. The summed E-state index contributed by atoms with van der Waals surface area (Å²) in [7, 11) is 0. The summed E-state index contributed by atoms with van der Waals surface area (Å²) in [6, 6.07) is 1.14. The number of nitro groups is 1. The van der Waals surface area contributed by atoms with Gasteiger partial charge in [-0.15, -0.1) is 0 Å². The van der Waals surface area contributed by atoms with Gasteiger partial charge in [0.25, 0.3) is 11.6 Å². The first-order valence-corrected chi connectivity index (χ1v) is 4.29. The van der Waals surface area contributed by atoms with Gasteiger partial charge in [-0.1, -0.05) is 0 Å². The molecule has 7 nitrogen and oxygen atoms in total. The Balaban J connectivity index is 2.62. The number of amides is 1. The molecular weight excluding hydrogens is 202 g/mol. The number of hydrogen-bond donors (Lipinski definition) is 3. The molecule has 0 aliphatic rings. The lowest BCUT2D eigenvalue weighted by atomic mass is 10.3. The third-order valence-electron chi connectivity index (χ3n) is 1.68. The van der Waals surface area contributed by atoms with Gasteiger partial charge in [-0.05, 0) is 6.92 Å². The Bertz CT molecular complexity index is 372. The highest BCUT2D eigenvalue weighted by atomic mass is 16.6. The lowest BCUT2D eigenvalue weighted by Gasteiger charge is -2.04. The second-order valence-corrected chi connectivity index (χ2v) is 3.09. The number of H-pyrrole nitrogens is 1. The van der Waals surface area contributed by atoms with E-state index in [9.17, 15) is 14.9 Å². The largest absolute Gasteiger partial charge is 0.392 e. The highest BCUT2D eigenvalue weighted by Crippen LogP contribution is 2.11. The molecule has 1 unspecified atom stereocenters. The van der Waals surface area contributed by atoms with E-state index in [-0.39, 0.29) is 17.9 Å². The monoisotopic (exact) mass is 213 g/mol. The minimum Gasteiger partial charge on any atom is -0.392 e. The zero-order chi connectivity index (χ0) is 11.4. The highest BCUT2D eigenvalue weighted by molar-refractivity contribution is 5.93. The summed E-state index contributed by atoms with van der Waals surface area (Å²) in [4.78, 5) is 23.5. The van der Waals surface area contributed by atoms with Crippen LogP contribution in [0, 0.1) is 10.1 Å². The van der Waals surface area contributed by atoms with Gasteiger partial charge < -0.3 is 15.4 Å². The van der Waals surface area contributed by atoms with Crippen molar-refractivity contribution >= 4 is 11.6 Å². The third kappa shape index (κ3) is 3.06. The Morgan fingerprint density at radius 1 is 1.80 bits per heavy atom. The zero-order valence-electron chi connectivity index (χ0n) is 8.06. The van der Waals surface area contributed by atoms with Crippen molar-refractivity contribution in [3.8, 4) is 0 Å². The van der Waals surface area contributed by atoms with Crippen LogP contribution < -0.4 is 5.32 Å². The van der Waals surface area contributed by atoms with Gasteiger partial charge in [0.1, 0.15) is 5.69 Å². The minimum atomic E-state index is -0.654. The molecule has 3 N–H and O–H groups in total. The van der Waals surface area contributed by atoms with Crippen molar-refractivity contribution in [2.45, 2.75) is 13.0 Å². The molecule has 0 saturated carbocycles. The summed E-state index contributed by atoms with van der Waals surface area (Å²) in [5.74, 6) is -0.482. The number of aliphatic hydroxyl groups excluding tert-OH is 1. The maximum Gasteiger partial charge on any atom is 0.287 e. The van der Waals surface area contributed by atoms with Crippen LogP contribution in [-0.2, 0) is 0 Å². The van der Waals surface area contributed by atoms with Crippen LogP contribution in [0.15, 0.2) is 12.3 Å². The van der Waals surface area contributed by atoms with Crippen LogP contribution in [0.5, 0.6) is 0 Å². The summed E-state index contributed by atoms with van der Waals surface area (Å²) >= 11 is 0. The number of nitrogens with one attached hydrogen (secondary N) is 2. The Morgan fingerprint density at radius 2 is 2.47 bits per heavy atom. The summed E-state index contributed by atoms with van der Waals surface area (Å²) < 4.78 is 0. The molecule has 15 heavy (non-hydrogen) atoms. The molecule has 1 rings (SSSR count). The van der Waals surface area contributed by atoms with Gasteiger partial charge in [0.15, 0.2) is 0 Å². The van der Waals surface area contributed by atoms with Gasteiger partial charge in [-0.25, -0.2) is 0 Å². The predicted octanol–water partition coefficient (Wildman–Crippen LogP) is 0.0335. The van der Waals surface area contributed by atoms with Crippen LogP contribution in [0.1, 0.15) is 17.4 Å². The number of carbonyl (C=O) groups is 1. The summed E-state index contributed by atoms with van der Waals surface area (Å²) in [5, 5.41) is 21.6. The molecule has 0 aliphatic carbocycles. The number of rotatable bonds is 4. The van der Waals surface area contributed by atoms with E-state index in [1.165, 1.54) is 6.92 Å². The van der Waals surface area contributed by atoms with E-state index >= 15 is 0 Å². The van der Waals surface area contributed by atoms with Crippen LogP contribution in [-0.4, -0.2) is 33.6 Å². The molecule has 0 saturated heterocycles. The van der Waals surface area contributed by atoms with E-state index in [1.54, 1.807) is 0 Å². The number of aromatic amines is 1. The molecule has 0 aliphatic heterocycles. The Kier molecular flexibility index (Phi) is 3.40. The molecule has 1 heterocycles. The summed E-state index contributed by atoms with van der Waals surface area (Å²) in [6.07, 6.45) is 0.482. The van der Waals surface area contributed by atoms with E-state index in [2.05, 4.69) is 10.3 Å². The SMILES string of the molecule is CC(O)CNC(=O)c1cc([N+](=O)[O-])c[nH]1. The molecule has 1 aromatic rings. The maximum absolute atomic E-state index is 11.3. The van der Waals surface area contributed by atoms with Crippen molar-refractivity contribution in [1.29, 1.82) is 0 Å². The smallest absolute Gasteiger partial charge is 0.287 e. The quantitative estimate of drug-likeness (QED) is 0.484. The molecule has 0 radical (unpaired) electrons. The van der Waals surface area contributed by atoms with Crippen molar-refractivity contribution < 1.29 is 14.8 Å². The van der Waals surface area contributed by atoms with E-state index in [4.69, 9.17) is 5.11 Å². The number of aromatic nitrogens is 1. The topological polar surface area (TPSA) is 108 Å². The molecule has 82 valence electrons. The average molecular weight is 213 g/mol. The fourth-order valence-corrected chi connectivity index (χ4v) is 0.955. The summed E-state index contributed by atoms with van der Waals surface area (Å²) in [5.41, 5.74) is -0.0699. The molecule has 0 fully saturated rings. The first kappa shape index (κ1) is 11.2. The van der Waals surface area contributed by atoms with Gasteiger partial charge in [0.05, 0.1) is 17.2 Å². The maximum atomic E-state index is 11.3. The summed E-state index contributed by atoms with van der Waals surface area (Å²) in [6.45, 7) is 1.63. The van der Waals surface area contributed by atoms with Crippen molar-refractivity contribution in [1.82, 2.24) is 10.3 Å². The van der Waals surface area contributed by atoms with Gasteiger partial charge in [-0.2, -0.15) is 0 Å². The van der Waals surface area contributed by atoms with Crippen LogP contribution in [0.25, 0.3) is 0 Å². The van der Waals surface area contributed by atoms with E-state index < -0.39 is 16.9 Å². The normalized spacial score (nSPS) is 12.1. The van der Waals surface area contributed by atoms with Crippen molar-refractivity contribution in [2.24, 2.45) is 0 Å². The van der Waals surface area contributed by atoms with Crippen molar-refractivity contribution in [3.05, 3.63) is 28.1 Å². The highest BCUT2D eigenvalue weighted by Gasteiger charge is 2.14. The predicted molar refractivity (Wildman–Crippen MR) is 51.5 cm³/mol. The van der Waals surface area contributed by atoms with Crippen LogP contribution in [0.4, 0.5) is 5.69 Å². The van der Waals surface area contributed by atoms with E-state index in [1.807, 2.05) is 0 Å². The molecule has 0 aromatic carbocycles. The Labute approximate surface area is 85.3 Å². The second-order valence-electron chi connectivity index (χ2n) is 3.09. The average Bonchev–Trinajstić information content (AvgIpc) is 2.62. The first-order chi connectivity index (χ1) is 7.00. The van der Waals surface area contributed by atoms with Gasteiger partial charge in [0.2, 0.25) is 0 Å². The van der Waals surface area contributed by atoms with Crippen LogP contribution in [0.2, 0.25) is 0 Å². The van der Waals surface area contributed by atoms with Crippen LogP contribution >= 0.6 is 0 Å². The fourth-order valence-electron chi connectivity index (χ4n) is 0.955. The van der Waals surface area contributed by atoms with Crippen molar-refractivity contribution in [2.75, 3.05) is 6.54 Å². The molecule has 7 heteroatoms. The third-order valence-corrected chi connectivity index (χ3v) is 1.68. The minimum absolute atomic E-state index is 0.0994. The van der Waals surface area contributed by atoms with Gasteiger partial charge in [0, 0.05) is 12.6 Å². The van der Waals surface area contributed by atoms with Crippen molar-refractivity contribution in [3.63, 3.8) is 0 Å². The zero-order valence-corrected chi connectivity index (χ0v) is 8.06. The molecule has 0 spiro atoms. The molecule has 0 bridgehead atoms. The van der Waals surface area contributed by atoms with Gasteiger partial charge in [-0.3, -0.25) is 14.9 Å². The molecular formula is C8H11N3O4. The molecule has 1 amide bonds. The number of carbonyl (C=O) groups excluding carboxylic acids is 1. The fraction of sp³-hybridized carbons (Fsp3) is 0.375. The standard InChI is InChI=1S/C8H11N3O4/c1-5(12)3-10-8(13)7-2-6(4-9-7)11(14)15/h2,4-5,9,12H,3H2,1H3,(H,10,13). The number of aliphatic hydroxyl groups is 1. The Hall–Kier alpha value is -1.89. The first-order valence-electron chi connectivity index (χ1n) is 4.29. The lowest BCUT2D eigenvalue weighted by Crippen LogP contribution is -2.30. The van der Waals surface area contributed by atoms with Crippen LogP contribution in [0.3, 0.4) is 0 Å². The second kappa shape index (κ2) is 4.56. The Morgan fingerprint density at radius 3 is 2.93 bits per heavy atom. The molecule has 1 atom stereocenters.